The second kappa shape index (κ2) is 8.46. The van der Waals surface area contributed by atoms with Crippen molar-refractivity contribution in [3.8, 4) is 0 Å². The molecule has 0 spiro atoms. The Hall–Kier alpha value is -1.28. The van der Waals surface area contributed by atoms with Crippen molar-refractivity contribution in [3.05, 3.63) is 16.3 Å². The Morgan fingerprint density at radius 1 is 1.14 bits per heavy atom. The van der Waals surface area contributed by atoms with Crippen molar-refractivity contribution in [3.63, 3.8) is 0 Å². The van der Waals surface area contributed by atoms with Gasteiger partial charge in [0.2, 0.25) is 0 Å². The largest absolute Gasteiger partial charge is 0.379 e. The topological polar surface area (TPSA) is 53.5 Å². The standard InChI is InChI=1S/C22H33N5OS/c1-15(2)23-16-5-4-8-27(13-16)21-20-17-6-3-7-18(17)29-22(20)25-19(24-21)14-26-9-11-28-12-10-26/h15-16,23H,3-14H2,1-2H3. The van der Waals surface area contributed by atoms with E-state index in [0.29, 0.717) is 12.1 Å². The molecule has 1 aliphatic carbocycles. The molecule has 0 saturated carbocycles. The number of anilines is 1. The highest BCUT2D eigenvalue weighted by Crippen LogP contribution is 2.41. The second-order valence-corrected chi connectivity index (χ2v) is 10.1. The molecule has 2 aromatic heterocycles. The number of hydrogen-bond acceptors (Lipinski definition) is 7. The zero-order valence-corrected chi connectivity index (χ0v) is 18.6. The monoisotopic (exact) mass is 415 g/mol. The molecule has 3 aliphatic rings. The van der Waals surface area contributed by atoms with Crippen LogP contribution in [0, 0.1) is 0 Å². The van der Waals surface area contributed by atoms with Crippen LogP contribution in [0.25, 0.3) is 10.2 Å². The lowest BCUT2D eigenvalue weighted by Gasteiger charge is -2.35. The number of ether oxygens (including phenoxy) is 1. The lowest BCUT2D eigenvalue weighted by molar-refractivity contribution is 0.0331. The van der Waals surface area contributed by atoms with Crippen molar-refractivity contribution in [1.82, 2.24) is 20.2 Å². The zero-order chi connectivity index (χ0) is 19.8. The molecule has 2 saturated heterocycles. The molecular formula is C22H33N5OS. The highest BCUT2D eigenvalue weighted by molar-refractivity contribution is 7.19. The number of nitrogens with one attached hydrogen (secondary N) is 1. The molecule has 1 unspecified atom stereocenters. The average molecular weight is 416 g/mol. The van der Waals surface area contributed by atoms with Crippen molar-refractivity contribution in [2.45, 2.75) is 64.6 Å². The quantitative estimate of drug-likeness (QED) is 0.810. The van der Waals surface area contributed by atoms with Crippen LogP contribution in [0.5, 0.6) is 0 Å². The van der Waals surface area contributed by atoms with E-state index in [1.807, 2.05) is 11.3 Å². The Kier molecular flexibility index (Phi) is 5.74. The molecule has 6 nitrogen and oxygen atoms in total. The van der Waals surface area contributed by atoms with E-state index < -0.39 is 0 Å². The fourth-order valence-electron chi connectivity index (χ4n) is 5.06. The molecule has 1 N–H and O–H groups in total. The smallest absolute Gasteiger partial charge is 0.146 e. The van der Waals surface area contributed by atoms with Gasteiger partial charge >= 0.3 is 0 Å². The minimum atomic E-state index is 0.521. The van der Waals surface area contributed by atoms with E-state index in [-0.39, 0.29) is 0 Å². The number of piperidine rings is 1. The molecule has 0 bridgehead atoms. The first-order valence-corrected chi connectivity index (χ1v) is 12.1. The third-order valence-corrected chi connectivity index (χ3v) is 7.54. The van der Waals surface area contributed by atoms with Crippen LogP contribution in [0.1, 0.15) is 49.4 Å². The third-order valence-electron chi connectivity index (χ3n) is 6.35. The molecule has 2 aromatic rings. The molecule has 7 heteroatoms. The van der Waals surface area contributed by atoms with Gasteiger partial charge < -0.3 is 15.0 Å². The van der Waals surface area contributed by atoms with E-state index in [1.54, 1.807) is 4.88 Å². The van der Waals surface area contributed by atoms with Gasteiger partial charge in [-0.05, 0) is 37.7 Å². The molecule has 0 radical (unpaired) electrons. The molecular weight excluding hydrogens is 382 g/mol. The summed E-state index contributed by atoms with van der Waals surface area (Å²) >= 11 is 1.92. The summed E-state index contributed by atoms with van der Waals surface area (Å²) in [5.41, 5.74) is 1.54. The van der Waals surface area contributed by atoms with Gasteiger partial charge in [-0.2, -0.15) is 0 Å². The summed E-state index contributed by atoms with van der Waals surface area (Å²) < 4.78 is 5.52. The van der Waals surface area contributed by atoms with Gasteiger partial charge in [-0.25, -0.2) is 9.97 Å². The molecule has 2 fully saturated rings. The Morgan fingerprint density at radius 2 is 2.00 bits per heavy atom. The number of aromatic nitrogens is 2. The average Bonchev–Trinajstić information content (AvgIpc) is 3.29. The summed E-state index contributed by atoms with van der Waals surface area (Å²) in [5.74, 6) is 2.18. The molecule has 1 atom stereocenters. The normalized spacial score (nSPS) is 23.3. The molecule has 158 valence electrons. The minimum absolute atomic E-state index is 0.521. The molecule has 0 amide bonds. The van der Waals surface area contributed by atoms with E-state index in [4.69, 9.17) is 14.7 Å². The third kappa shape index (κ3) is 4.15. The number of rotatable bonds is 5. The molecule has 0 aromatic carbocycles. The predicted molar refractivity (Wildman–Crippen MR) is 119 cm³/mol. The molecule has 5 rings (SSSR count). The van der Waals surface area contributed by atoms with Crippen LogP contribution < -0.4 is 10.2 Å². The Morgan fingerprint density at radius 3 is 2.83 bits per heavy atom. The van der Waals surface area contributed by atoms with Crippen molar-refractivity contribution in [2.24, 2.45) is 0 Å². The number of hydrogen-bond donors (Lipinski definition) is 1. The van der Waals surface area contributed by atoms with Crippen LogP contribution in [0.3, 0.4) is 0 Å². The van der Waals surface area contributed by atoms with Crippen LogP contribution in [-0.4, -0.2) is 66.3 Å². The lowest BCUT2D eigenvalue weighted by Crippen LogP contribution is -2.48. The van der Waals surface area contributed by atoms with Crippen LogP contribution in [0.2, 0.25) is 0 Å². The Labute approximate surface area is 177 Å². The van der Waals surface area contributed by atoms with Crippen molar-refractivity contribution in [1.29, 1.82) is 0 Å². The minimum Gasteiger partial charge on any atom is -0.379 e. The first kappa shape index (κ1) is 19.7. The van der Waals surface area contributed by atoms with Crippen LogP contribution >= 0.6 is 11.3 Å². The SMILES string of the molecule is CC(C)NC1CCCN(c2nc(CN3CCOCC3)nc3sc4c(c23)CCC4)C1. The van der Waals surface area contributed by atoms with Crippen LogP contribution in [-0.2, 0) is 24.1 Å². The van der Waals surface area contributed by atoms with Crippen LogP contribution in [0.4, 0.5) is 5.82 Å². The second-order valence-electron chi connectivity index (χ2n) is 9.00. The van der Waals surface area contributed by atoms with E-state index in [1.165, 1.54) is 53.7 Å². The summed E-state index contributed by atoms with van der Waals surface area (Å²) in [5, 5.41) is 5.11. The number of fused-ring (bicyclic) bond motifs is 3. The Balaban J connectivity index is 1.49. The first-order chi connectivity index (χ1) is 14.2. The zero-order valence-electron chi connectivity index (χ0n) is 17.7. The van der Waals surface area contributed by atoms with Gasteiger partial charge in [-0.15, -0.1) is 11.3 Å². The van der Waals surface area contributed by atoms with E-state index in [0.717, 1.165) is 51.8 Å². The molecule has 2 aliphatic heterocycles. The van der Waals surface area contributed by atoms with E-state index in [2.05, 4.69) is 29.0 Å². The van der Waals surface area contributed by atoms with Gasteiger partial charge in [0, 0.05) is 43.1 Å². The van der Waals surface area contributed by atoms with Gasteiger partial charge in [0.05, 0.1) is 25.1 Å². The van der Waals surface area contributed by atoms with Gasteiger partial charge in [0.25, 0.3) is 0 Å². The highest BCUT2D eigenvalue weighted by atomic mass is 32.1. The number of morpholine rings is 1. The van der Waals surface area contributed by atoms with Gasteiger partial charge in [-0.1, -0.05) is 13.8 Å². The van der Waals surface area contributed by atoms with Crippen molar-refractivity contribution < 1.29 is 4.74 Å². The van der Waals surface area contributed by atoms with E-state index in [9.17, 15) is 0 Å². The first-order valence-electron chi connectivity index (χ1n) is 11.3. The number of aryl methyl sites for hydroxylation is 2. The summed E-state index contributed by atoms with van der Waals surface area (Å²) in [6, 6.07) is 1.07. The summed E-state index contributed by atoms with van der Waals surface area (Å²) in [7, 11) is 0. The van der Waals surface area contributed by atoms with Gasteiger partial charge in [0.15, 0.2) is 0 Å². The predicted octanol–water partition coefficient (Wildman–Crippen LogP) is 2.98. The number of nitrogens with zero attached hydrogens (tertiary/aromatic N) is 4. The number of thiophene rings is 1. The maximum atomic E-state index is 5.52. The summed E-state index contributed by atoms with van der Waals surface area (Å²) in [6.07, 6.45) is 6.16. The van der Waals surface area contributed by atoms with Crippen LogP contribution in [0.15, 0.2) is 0 Å². The van der Waals surface area contributed by atoms with Crippen molar-refractivity contribution >= 4 is 27.4 Å². The van der Waals surface area contributed by atoms with E-state index >= 15 is 0 Å². The van der Waals surface area contributed by atoms with Crippen molar-refractivity contribution in [2.75, 3.05) is 44.3 Å². The van der Waals surface area contributed by atoms with Gasteiger partial charge in [0.1, 0.15) is 16.5 Å². The Bertz CT molecular complexity index is 860. The fraction of sp³-hybridized carbons (Fsp3) is 0.727. The molecule has 4 heterocycles. The maximum absolute atomic E-state index is 5.52. The highest BCUT2D eigenvalue weighted by Gasteiger charge is 2.28. The summed E-state index contributed by atoms with van der Waals surface area (Å²) in [4.78, 5) is 18.0. The van der Waals surface area contributed by atoms with Gasteiger partial charge in [-0.3, -0.25) is 4.90 Å². The fourth-order valence-corrected chi connectivity index (χ4v) is 6.33. The summed E-state index contributed by atoms with van der Waals surface area (Å²) in [6.45, 7) is 11.0. The maximum Gasteiger partial charge on any atom is 0.146 e. The molecule has 29 heavy (non-hydrogen) atoms. The lowest BCUT2D eigenvalue weighted by atomic mass is 10.0.